The SMILES string of the molecule is CCCC1(CCO)COC1. The molecule has 10 heavy (non-hydrogen) atoms. The van der Waals surface area contributed by atoms with E-state index in [9.17, 15) is 0 Å². The quantitative estimate of drug-likeness (QED) is 0.642. The van der Waals surface area contributed by atoms with Crippen molar-refractivity contribution in [1.82, 2.24) is 0 Å². The summed E-state index contributed by atoms with van der Waals surface area (Å²) < 4.78 is 5.13. The van der Waals surface area contributed by atoms with Crippen LogP contribution in [0.25, 0.3) is 0 Å². The standard InChI is InChI=1S/C8H16O2/c1-2-3-8(4-5-9)6-10-7-8/h9H,2-7H2,1H3. The lowest BCUT2D eigenvalue weighted by atomic mass is 9.79. The summed E-state index contributed by atoms with van der Waals surface area (Å²) in [6, 6.07) is 0. The van der Waals surface area contributed by atoms with Gasteiger partial charge in [0.05, 0.1) is 13.2 Å². The smallest absolute Gasteiger partial charge is 0.0545 e. The van der Waals surface area contributed by atoms with Crippen molar-refractivity contribution in [1.29, 1.82) is 0 Å². The zero-order valence-corrected chi connectivity index (χ0v) is 6.60. The maximum Gasteiger partial charge on any atom is 0.0545 e. The molecule has 2 nitrogen and oxygen atoms in total. The summed E-state index contributed by atoms with van der Waals surface area (Å²) in [4.78, 5) is 0. The molecule has 60 valence electrons. The van der Waals surface area contributed by atoms with Crippen molar-refractivity contribution in [2.24, 2.45) is 5.41 Å². The second-order valence-corrected chi connectivity index (χ2v) is 3.22. The van der Waals surface area contributed by atoms with Gasteiger partial charge in [-0.05, 0) is 12.8 Å². The lowest BCUT2D eigenvalue weighted by molar-refractivity contribution is -0.127. The van der Waals surface area contributed by atoms with E-state index in [1.807, 2.05) is 0 Å². The lowest BCUT2D eigenvalue weighted by Gasteiger charge is -2.41. The van der Waals surface area contributed by atoms with Crippen molar-refractivity contribution in [2.45, 2.75) is 26.2 Å². The maximum atomic E-state index is 8.74. The Morgan fingerprint density at radius 3 is 2.40 bits per heavy atom. The second kappa shape index (κ2) is 3.35. The van der Waals surface area contributed by atoms with E-state index in [4.69, 9.17) is 9.84 Å². The van der Waals surface area contributed by atoms with Gasteiger partial charge in [-0.3, -0.25) is 0 Å². The van der Waals surface area contributed by atoms with E-state index in [0.29, 0.717) is 12.0 Å². The molecule has 0 bridgehead atoms. The molecular weight excluding hydrogens is 128 g/mol. The fourth-order valence-corrected chi connectivity index (χ4v) is 1.57. The van der Waals surface area contributed by atoms with Gasteiger partial charge in [-0.1, -0.05) is 13.3 Å². The van der Waals surface area contributed by atoms with Crippen LogP contribution < -0.4 is 0 Å². The Hall–Kier alpha value is -0.0800. The van der Waals surface area contributed by atoms with E-state index < -0.39 is 0 Å². The van der Waals surface area contributed by atoms with Crippen molar-refractivity contribution in [3.63, 3.8) is 0 Å². The van der Waals surface area contributed by atoms with Gasteiger partial charge >= 0.3 is 0 Å². The molecule has 0 unspecified atom stereocenters. The summed E-state index contributed by atoms with van der Waals surface area (Å²) in [6.45, 7) is 4.21. The summed E-state index contributed by atoms with van der Waals surface area (Å²) in [5.41, 5.74) is 0.351. The summed E-state index contributed by atoms with van der Waals surface area (Å²) in [5.74, 6) is 0. The summed E-state index contributed by atoms with van der Waals surface area (Å²) in [6.07, 6.45) is 3.32. The number of ether oxygens (including phenoxy) is 1. The number of aliphatic hydroxyl groups is 1. The molecular formula is C8H16O2. The molecule has 1 aliphatic rings. The van der Waals surface area contributed by atoms with Crippen LogP contribution in [-0.2, 0) is 4.74 Å². The molecule has 0 saturated carbocycles. The molecule has 1 aliphatic heterocycles. The van der Waals surface area contributed by atoms with E-state index >= 15 is 0 Å². The summed E-state index contributed by atoms with van der Waals surface area (Å²) in [7, 11) is 0. The molecule has 0 spiro atoms. The number of aliphatic hydroxyl groups excluding tert-OH is 1. The summed E-state index contributed by atoms with van der Waals surface area (Å²) in [5, 5.41) is 8.74. The first-order chi connectivity index (χ1) is 4.83. The maximum absolute atomic E-state index is 8.74. The third kappa shape index (κ3) is 1.50. The van der Waals surface area contributed by atoms with Crippen molar-refractivity contribution in [3.05, 3.63) is 0 Å². The predicted molar refractivity (Wildman–Crippen MR) is 39.9 cm³/mol. The van der Waals surface area contributed by atoms with Crippen LogP contribution in [0.5, 0.6) is 0 Å². The molecule has 1 N–H and O–H groups in total. The van der Waals surface area contributed by atoms with Gasteiger partial charge in [0.2, 0.25) is 0 Å². The van der Waals surface area contributed by atoms with Gasteiger partial charge in [0.15, 0.2) is 0 Å². The van der Waals surface area contributed by atoms with Crippen molar-refractivity contribution in [2.75, 3.05) is 19.8 Å². The van der Waals surface area contributed by atoms with Crippen molar-refractivity contribution in [3.8, 4) is 0 Å². The van der Waals surface area contributed by atoms with Gasteiger partial charge < -0.3 is 9.84 Å². The Bertz CT molecular complexity index is 89.4. The molecule has 0 atom stereocenters. The van der Waals surface area contributed by atoms with Crippen LogP contribution in [0, 0.1) is 5.41 Å². The Labute approximate surface area is 62.2 Å². The van der Waals surface area contributed by atoms with Crippen LogP contribution in [0.4, 0.5) is 0 Å². The highest BCUT2D eigenvalue weighted by atomic mass is 16.5. The highest BCUT2D eigenvalue weighted by Crippen LogP contribution is 2.35. The molecule has 0 aliphatic carbocycles. The van der Waals surface area contributed by atoms with E-state index in [1.54, 1.807) is 0 Å². The molecule has 0 radical (unpaired) electrons. The first-order valence-electron chi connectivity index (χ1n) is 4.01. The average molecular weight is 144 g/mol. The van der Waals surface area contributed by atoms with Crippen LogP contribution >= 0.6 is 0 Å². The molecule has 2 heteroatoms. The van der Waals surface area contributed by atoms with Gasteiger partial charge in [-0.2, -0.15) is 0 Å². The normalized spacial score (nSPS) is 22.2. The average Bonchev–Trinajstić information content (AvgIpc) is 1.84. The van der Waals surface area contributed by atoms with Crippen LogP contribution in [0.2, 0.25) is 0 Å². The van der Waals surface area contributed by atoms with Crippen molar-refractivity contribution < 1.29 is 9.84 Å². The van der Waals surface area contributed by atoms with Gasteiger partial charge in [-0.15, -0.1) is 0 Å². The Balaban J connectivity index is 2.27. The van der Waals surface area contributed by atoms with Gasteiger partial charge in [-0.25, -0.2) is 0 Å². The lowest BCUT2D eigenvalue weighted by Crippen LogP contribution is -2.43. The van der Waals surface area contributed by atoms with Crippen LogP contribution in [0.1, 0.15) is 26.2 Å². The molecule has 1 fully saturated rings. The minimum atomic E-state index is 0.309. The Morgan fingerprint density at radius 2 is 2.10 bits per heavy atom. The third-order valence-corrected chi connectivity index (χ3v) is 2.24. The predicted octanol–water partition coefficient (Wildman–Crippen LogP) is 1.19. The topological polar surface area (TPSA) is 29.5 Å². The van der Waals surface area contributed by atoms with E-state index in [0.717, 1.165) is 19.6 Å². The number of hydrogen-bond acceptors (Lipinski definition) is 2. The molecule has 1 heterocycles. The Kier molecular flexibility index (Phi) is 2.69. The number of rotatable bonds is 4. The van der Waals surface area contributed by atoms with Gasteiger partial charge in [0.1, 0.15) is 0 Å². The monoisotopic (exact) mass is 144 g/mol. The largest absolute Gasteiger partial charge is 0.396 e. The van der Waals surface area contributed by atoms with E-state index in [1.165, 1.54) is 12.8 Å². The highest BCUT2D eigenvalue weighted by molar-refractivity contribution is 4.84. The van der Waals surface area contributed by atoms with Gasteiger partial charge in [0, 0.05) is 12.0 Å². The fourth-order valence-electron chi connectivity index (χ4n) is 1.57. The second-order valence-electron chi connectivity index (χ2n) is 3.22. The zero-order chi connectivity index (χ0) is 7.45. The molecule has 0 aromatic carbocycles. The number of hydrogen-bond donors (Lipinski definition) is 1. The summed E-state index contributed by atoms with van der Waals surface area (Å²) >= 11 is 0. The molecule has 0 amide bonds. The van der Waals surface area contributed by atoms with E-state index in [2.05, 4.69) is 6.92 Å². The van der Waals surface area contributed by atoms with Crippen molar-refractivity contribution >= 4 is 0 Å². The van der Waals surface area contributed by atoms with Gasteiger partial charge in [0.25, 0.3) is 0 Å². The molecule has 1 rings (SSSR count). The molecule has 0 aromatic rings. The Morgan fingerprint density at radius 1 is 1.40 bits per heavy atom. The molecule has 0 aromatic heterocycles. The van der Waals surface area contributed by atoms with Crippen LogP contribution in [-0.4, -0.2) is 24.9 Å². The fraction of sp³-hybridized carbons (Fsp3) is 1.00. The van der Waals surface area contributed by atoms with Crippen LogP contribution in [0.3, 0.4) is 0 Å². The minimum absolute atomic E-state index is 0.309. The molecule has 1 saturated heterocycles. The first kappa shape index (κ1) is 8.02. The first-order valence-corrected chi connectivity index (χ1v) is 4.01. The van der Waals surface area contributed by atoms with Crippen LogP contribution in [0.15, 0.2) is 0 Å². The zero-order valence-electron chi connectivity index (χ0n) is 6.60. The minimum Gasteiger partial charge on any atom is -0.396 e. The van der Waals surface area contributed by atoms with E-state index in [-0.39, 0.29) is 0 Å². The third-order valence-electron chi connectivity index (χ3n) is 2.24. The highest BCUT2D eigenvalue weighted by Gasteiger charge is 2.36.